The number of rotatable bonds is 3. The number of aromatic nitrogens is 1. The van der Waals surface area contributed by atoms with Gasteiger partial charge in [0.1, 0.15) is 18.4 Å². The molecule has 296 valence electrons. The number of carbonyl (C=O) groups excluding carboxylic acids is 2. The number of aromatic amines is 1. The summed E-state index contributed by atoms with van der Waals surface area (Å²) < 4.78 is 30.9. The number of nitrogens with one attached hydrogen (secondary N) is 2. The van der Waals surface area contributed by atoms with Gasteiger partial charge < -0.3 is 39.5 Å². The van der Waals surface area contributed by atoms with Crippen LogP contribution >= 0.6 is 11.8 Å². The molecule has 4 aromatic rings. The molecular weight excluding hydrogens is 749 g/mol. The smallest absolute Gasteiger partial charge is 0.333 e. The molecule has 8 heterocycles. The van der Waals surface area contributed by atoms with Gasteiger partial charge in [0.2, 0.25) is 6.79 Å². The molecule has 2 fully saturated rings. The number of piperazine rings is 1. The van der Waals surface area contributed by atoms with Gasteiger partial charge in [-0.3, -0.25) is 19.9 Å². The number of hydrogen-bond donors (Lipinski definition) is 4. The molecule has 7 aliphatic heterocycles. The highest BCUT2D eigenvalue weighted by Crippen LogP contribution is 2.64. The third-order valence-electron chi connectivity index (χ3n) is 13.2. The Labute approximate surface area is 333 Å². The highest BCUT2D eigenvalue weighted by Gasteiger charge is 2.62. The Balaban J connectivity index is 1.26. The van der Waals surface area contributed by atoms with Gasteiger partial charge in [-0.2, -0.15) is 5.26 Å². The molecular formula is C42H44N6O8S. The van der Waals surface area contributed by atoms with Crippen molar-refractivity contribution >= 4 is 34.6 Å². The summed E-state index contributed by atoms with van der Waals surface area (Å²) >= 11 is 1.53. The van der Waals surface area contributed by atoms with Crippen molar-refractivity contribution in [1.29, 1.82) is 5.26 Å². The second-order valence-electron chi connectivity index (χ2n) is 16.0. The number of nitrogens with zero attached hydrogens (tertiary/aromatic N) is 3. The van der Waals surface area contributed by atoms with E-state index in [9.17, 15) is 15.2 Å². The fourth-order valence-electron chi connectivity index (χ4n) is 10.9. The van der Waals surface area contributed by atoms with Crippen LogP contribution in [0.5, 0.6) is 28.7 Å². The van der Waals surface area contributed by atoms with Crippen LogP contribution in [-0.2, 0) is 32.7 Å². The van der Waals surface area contributed by atoms with Crippen LogP contribution in [-0.4, -0.2) is 95.9 Å². The molecule has 4 bridgehead atoms. The summed E-state index contributed by atoms with van der Waals surface area (Å²) in [6.45, 7) is 5.22. The van der Waals surface area contributed by atoms with E-state index in [1.807, 2.05) is 39.1 Å². The molecule has 0 radical (unpaired) electrons. The van der Waals surface area contributed by atoms with Crippen LogP contribution in [0.3, 0.4) is 0 Å². The van der Waals surface area contributed by atoms with E-state index in [0.717, 1.165) is 38.9 Å². The molecule has 57 heavy (non-hydrogen) atoms. The SMILES string of the molecule is COc1c(C)cc2c(c1O)[C@H]1[C@@H]3[C@@H]4SC[C@]5(N[C@@H](CN)Cc6c5[nH]c5ccccc65)C(=O)OC[C@@H](c5c6c(c(C)c(OC(C)=O)c54)OCO6)N3[C@@H](C#N)[C@H](C2)N1C. The predicted molar refractivity (Wildman–Crippen MR) is 210 cm³/mol. The maximum atomic E-state index is 15.0. The predicted octanol–water partition coefficient (Wildman–Crippen LogP) is 4.08. The van der Waals surface area contributed by atoms with E-state index in [0.29, 0.717) is 59.1 Å². The second kappa shape index (κ2) is 13.0. The zero-order chi connectivity index (χ0) is 39.7. The number of para-hydroxylation sites is 1. The van der Waals surface area contributed by atoms with Crippen molar-refractivity contribution in [2.45, 2.75) is 80.7 Å². The molecule has 0 aliphatic carbocycles. The topological polar surface area (TPSA) is 185 Å². The van der Waals surface area contributed by atoms with Crippen molar-refractivity contribution in [3.63, 3.8) is 0 Å². The Morgan fingerprint density at radius 1 is 1.14 bits per heavy atom. The number of thioether (sulfide) groups is 1. The fourth-order valence-corrected chi connectivity index (χ4v) is 12.6. The molecule has 1 aromatic heterocycles. The molecule has 3 aromatic carbocycles. The molecule has 15 heteroatoms. The van der Waals surface area contributed by atoms with Gasteiger partial charge >= 0.3 is 11.9 Å². The molecule has 0 unspecified atom stereocenters. The average Bonchev–Trinajstić information content (AvgIpc) is 3.84. The van der Waals surface area contributed by atoms with Crippen LogP contribution in [0.25, 0.3) is 10.9 Å². The zero-order valence-electron chi connectivity index (χ0n) is 32.3. The number of esters is 2. The monoisotopic (exact) mass is 792 g/mol. The summed E-state index contributed by atoms with van der Waals surface area (Å²) in [5.74, 6) is 0.959. The third kappa shape index (κ3) is 4.91. The highest BCUT2D eigenvalue weighted by atomic mass is 32.2. The maximum Gasteiger partial charge on any atom is 0.333 e. The largest absolute Gasteiger partial charge is 0.504 e. The first-order chi connectivity index (χ1) is 27.5. The van der Waals surface area contributed by atoms with Crippen LogP contribution in [0.2, 0.25) is 0 Å². The quantitative estimate of drug-likeness (QED) is 0.172. The average molecular weight is 793 g/mol. The first-order valence-corrected chi connectivity index (χ1v) is 20.4. The van der Waals surface area contributed by atoms with Gasteiger partial charge in [-0.15, -0.1) is 11.8 Å². The minimum Gasteiger partial charge on any atom is -0.504 e. The summed E-state index contributed by atoms with van der Waals surface area (Å²) in [6, 6.07) is 9.84. The number of methoxy groups -OCH3 is 1. The minimum atomic E-state index is -1.35. The van der Waals surface area contributed by atoms with Crippen molar-refractivity contribution in [3.8, 4) is 34.8 Å². The molecule has 0 amide bonds. The zero-order valence-corrected chi connectivity index (χ0v) is 33.1. The molecule has 11 rings (SSSR count). The number of likely N-dealkylation sites (N-methyl/N-ethyl adjacent to an activating group) is 1. The van der Waals surface area contributed by atoms with Gasteiger partial charge in [0, 0.05) is 70.5 Å². The second-order valence-corrected chi connectivity index (χ2v) is 17.2. The fraction of sp³-hybridized carbons (Fsp3) is 0.452. The van der Waals surface area contributed by atoms with Crippen molar-refractivity contribution in [1.82, 2.24) is 20.1 Å². The number of fused-ring (bicyclic) bond motifs is 11. The number of hydrogen-bond acceptors (Lipinski definition) is 14. The van der Waals surface area contributed by atoms with Crippen LogP contribution in [0, 0.1) is 25.2 Å². The number of H-pyrrole nitrogens is 1. The lowest BCUT2D eigenvalue weighted by atomic mass is 9.71. The summed E-state index contributed by atoms with van der Waals surface area (Å²) in [5.41, 5.74) is 12.2. The number of nitrogens with two attached hydrogens (primary N) is 1. The molecule has 1 spiro atoms. The lowest BCUT2D eigenvalue weighted by molar-refractivity contribution is -0.158. The Hall–Kier alpha value is -4.98. The summed E-state index contributed by atoms with van der Waals surface area (Å²) in [5, 5.41) is 27.5. The number of benzene rings is 3. The van der Waals surface area contributed by atoms with E-state index < -0.39 is 46.9 Å². The van der Waals surface area contributed by atoms with Gasteiger partial charge in [0.05, 0.1) is 36.2 Å². The molecule has 0 saturated carbocycles. The lowest BCUT2D eigenvalue weighted by Gasteiger charge is -2.62. The number of aryl methyl sites for hydroxylation is 1. The number of phenols is 1. The van der Waals surface area contributed by atoms with Crippen molar-refractivity contribution < 1.29 is 38.4 Å². The Morgan fingerprint density at radius 3 is 2.68 bits per heavy atom. The van der Waals surface area contributed by atoms with Crippen LogP contribution in [0.15, 0.2) is 30.3 Å². The minimum absolute atomic E-state index is 0.0490. The van der Waals surface area contributed by atoms with Crippen LogP contribution in [0.1, 0.15) is 68.9 Å². The molecule has 5 N–H and O–H groups in total. The van der Waals surface area contributed by atoms with E-state index in [-0.39, 0.29) is 37.0 Å². The molecule has 14 nitrogen and oxygen atoms in total. The number of carbonyl (C=O) groups is 2. The van der Waals surface area contributed by atoms with Gasteiger partial charge in [-0.05, 0) is 56.5 Å². The Kier molecular flexibility index (Phi) is 8.31. The normalized spacial score (nSPS) is 29.8. The number of phenolic OH excluding ortho intramolecular Hbond substituents is 1. The lowest BCUT2D eigenvalue weighted by Crippen LogP contribution is -2.69. The maximum absolute atomic E-state index is 15.0. The van der Waals surface area contributed by atoms with E-state index in [1.54, 1.807) is 7.11 Å². The van der Waals surface area contributed by atoms with Gasteiger partial charge in [-0.1, -0.05) is 24.3 Å². The number of nitriles is 1. The van der Waals surface area contributed by atoms with Crippen molar-refractivity contribution in [2.75, 3.05) is 39.9 Å². The number of ether oxygens (including phenoxy) is 5. The first-order valence-electron chi connectivity index (χ1n) is 19.3. The van der Waals surface area contributed by atoms with Crippen LogP contribution in [0.4, 0.5) is 0 Å². The van der Waals surface area contributed by atoms with E-state index in [2.05, 4.69) is 38.3 Å². The van der Waals surface area contributed by atoms with E-state index in [1.165, 1.54) is 18.7 Å². The molecule has 7 aliphatic rings. The third-order valence-corrected chi connectivity index (χ3v) is 14.6. The Bertz CT molecular complexity index is 2450. The highest BCUT2D eigenvalue weighted by molar-refractivity contribution is 7.99. The van der Waals surface area contributed by atoms with E-state index in [4.69, 9.17) is 29.4 Å². The Morgan fingerprint density at radius 2 is 1.93 bits per heavy atom. The van der Waals surface area contributed by atoms with Crippen LogP contribution < -0.4 is 30.0 Å². The van der Waals surface area contributed by atoms with E-state index >= 15 is 4.79 Å². The standard InChI is InChI=1S/C42H44N6O8S/c1-18-10-21-11-26-27(14-44)48-28-15-53-41(51)42(40-24(12-22(13-43)46-42)23-8-6-7-9-25(23)45-40)16-57-39(33(48)32(47(26)4)29(21)34(50)35(18)52-5)31-30(28)38-37(54-17-55-38)19(2)36(31)56-20(3)49/h6-10,22,26-28,32-33,39,45-46,50H,11-13,15-17,43H2,1-5H3/t22-,26+,27+,28+,32+,33-,39-,42-/m1/s1. The van der Waals surface area contributed by atoms with Gasteiger partial charge in [0.25, 0.3) is 0 Å². The molecule has 2 saturated heterocycles. The summed E-state index contributed by atoms with van der Waals surface area (Å²) in [7, 11) is 3.56. The summed E-state index contributed by atoms with van der Waals surface area (Å²) in [6.07, 6.45) is 1.12. The van der Waals surface area contributed by atoms with Crippen molar-refractivity contribution in [2.24, 2.45) is 5.73 Å². The van der Waals surface area contributed by atoms with Gasteiger partial charge in [0.15, 0.2) is 28.5 Å². The van der Waals surface area contributed by atoms with Gasteiger partial charge in [-0.25, -0.2) is 4.79 Å². The summed E-state index contributed by atoms with van der Waals surface area (Å²) in [4.78, 5) is 36.1. The number of aromatic hydroxyl groups is 1. The molecule has 8 atom stereocenters. The van der Waals surface area contributed by atoms with Crippen molar-refractivity contribution in [3.05, 3.63) is 75.0 Å². The first kappa shape index (κ1) is 36.4.